The molecule has 0 fully saturated rings. The molecule has 3 rings (SSSR count). The van der Waals surface area contributed by atoms with Gasteiger partial charge in [-0.3, -0.25) is 0 Å². The summed E-state index contributed by atoms with van der Waals surface area (Å²) in [4.78, 5) is 0. The van der Waals surface area contributed by atoms with Crippen LogP contribution >= 0.6 is 0 Å². The number of hydrogen-bond acceptors (Lipinski definition) is 3. The molecular formula is C28H34O3. The molecule has 3 aromatic carbocycles. The van der Waals surface area contributed by atoms with E-state index in [1.54, 1.807) is 14.2 Å². The van der Waals surface area contributed by atoms with Gasteiger partial charge in [-0.1, -0.05) is 78.9 Å². The summed E-state index contributed by atoms with van der Waals surface area (Å²) >= 11 is 0. The second-order valence-corrected chi connectivity index (χ2v) is 8.12. The van der Waals surface area contributed by atoms with E-state index in [-0.39, 0.29) is 0 Å². The number of hydrogen-bond donors (Lipinski definition) is 1. The molecule has 3 aromatic rings. The van der Waals surface area contributed by atoms with E-state index in [9.17, 15) is 5.11 Å². The van der Waals surface area contributed by atoms with Crippen LogP contribution in [0.2, 0.25) is 0 Å². The fourth-order valence-electron chi connectivity index (χ4n) is 4.17. The van der Waals surface area contributed by atoms with E-state index in [1.807, 2.05) is 60.7 Å². The van der Waals surface area contributed by atoms with Gasteiger partial charge in [-0.25, -0.2) is 0 Å². The minimum absolute atomic E-state index is 0.524. The SMILES string of the molecule is COCCCc1cc(CCCOC)cc(CC(O)(c2ccccc2)c2ccccc2)c1. The first-order valence-electron chi connectivity index (χ1n) is 11.1. The van der Waals surface area contributed by atoms with Gasteiger partial charge in [0.25, 0.3) is 0 Å². The minimum Gasteiger partial charge on any atom is -0.385 e. The van der Waals surface area contributed by atoms with Crippen molar-refractivity contribution < 1.29 is 14.6 Å². The van der Waals surface area contributed by atoms with Gasteiger partial charge in [0.2, 0.25) is 0 Å². The Morgan fingerprint density at radius 2 is 1.06 bits per heavy atom. The molecule has 0 saturated carbocycles. The van der Waals surface area contributed by atoms with Crippen LogP contribution in [0.15, 0.2) is 78.9 Å². The monoisotopic (exact) mass is 418 g/mol. The van der Waals surface area contributed by atoms with Crippen molar-refractivity contribution in [2.24, 2.45) is 0 Å². The fourth-order valence-corrected chi connectivity index (χ4v) is 4.17. The molecule has 0 atom stereocenters. The lowest BCUT2D eigenvalue weighted by atomic mass is 9.80. The highest BCUT2D eigenvalue weighted by atomic mass is 16.5. The van der Waals surface area contributed by atoms with Gasteiger partial charge in [0.15, 0.2) is 0 Å². The van der Waals surface area contributed by atoms with Crippen LogP contribution in [0.4, 0.5) is 0 Å². The van der Waals surface area contributed by atoms with Crippen LogP contribution in [0.3, 0.4) is 0 Å². The Hall–Kier alpha value is -2.46. The lowest BCUT2D eigenvalue weighted by molar-refractivity contribution is 0.0811. The predicted octanol–water partition coefficient (Wildman–Crippen LogP) is 5.32. The second-order valence-electron chi connectivity index (χ2n) is 8.12. The topological polar surface area (TPSA) is 38.7 Å². The summed E-state index contributed by atoms with van der Waals surface area (Å²) in [6.07, 6.45) is 4.43. The van der Waals surface area contributed by atoms with Crippen LogP contribution in [-0.2, 0) is 34.3 Å². The van der Waals surface area contributed by atoms with E-state index < -0.39 is 5.60 Å². The molecular weight excluding hydrogens is 384 g/mol. The Kier molecular flexibility index (Phi) is 8.84. The Morgan fingerprint density at radius 1 is 0.645 bits per heavy atom. The van der Waals surface area contributed by atoms with E-state index in [2.05, 4.69) is 18.2 Å². The van der Waals surface area contributed by atoms with Gasteiger partial charge in [-0.05, 0) is 53.5 Å². The summed E-state index contributed by atoms with van der Waals surface area (Å²) in [5, 5.41) is 12.0. The van der Waals surface area contributed by atoms with Crippen LogP contribution in [0.1, 0.15) is 40.7 Å². The Balaban J connectivity index is 1.95. The first-order valence-corrected chi connectivity index (χ1v) is 11.1. The van der Waals surface area contributed by atoms with Gasteiger partial charge in [-0.2, -0.15) is 0 Å². The first-order chi connectivity index (χ1) is 15.2. The molecule has 164 valence electrons. The molecule has 3 heteroatoms. The van der Waals surface area contributed by atoms with Crippen molar-refractivity contribution in [2.45, 2.75) is 37.7 Å². The Morgan fingerprint density at radius 3 is 1.48 bits per heavy atom. The summed E-state index contributed by atoms with van der Waals surface area (Å²) < 4.78 is 10.5. The molecule has 0 aliphatic heterocycles. The van der Waals surface area contributed by atoms with Crippen LogP contribution in [0, 0.1) is 0 Å². The van der Waals surface area contributed by atoms with Gasteiger partial charge < -0.3 is 14.6 Å². The van der Waals surface area contributed by atoms with Gasteiger partial charge in [0.05, 0.1) is 0 Å². The summed E-state index contributed by atoms with van der Waals surface area (Å²) in [6.45, 7) is 1.50. The standard InChI is InChI=1S/C28H34O3/c1-30-17-9-11-23-19-24(12-10-18-31-2)21-25(20-23)22-28(29,26-13-5-3-6-14-26)27-15-7-4-8-16-27/h3-8,13-16,19-21,29H,9-12,17-18,22H2,1-2H3. The molecule has 0 amide bonds. The summed E-state index contributed by atoms with van der Waals surface area (Å²) in [5.41, 5.74) is 4.48. The quantitative estimate of drug-likeness (QED) is 0.405. The number of aryl methyl sites for hydroxylation is 2. The number of ether oxygens (including phenoxy) is 2. The zero-order chi connectivity index (χ0) is 21.9. The molecule has 31 heavy (non-hydrogen) atoms. The van der Waals surface area contributed by atoms with Gasteiger partial charge in [0, 0.05) is 33.9 Å². The van der Waals surface area contributed by atoms with Crippen molar-refractivity contribution >= 4 is 0 Å². The molecule has 0 aliphatic rings. The fraction of sp³-hybridized carbons (Fsp3) is 0.357. The third-order valence-corrected chi connectivity index (χ3v) is 5.70. The number of benzene rings is 3. The lowest BCUT2D eigenvalue weighted by Crippen LogP contribution is -2.30. The summed E-state index contributed by atoms with van der Waals surface area (Å²) in [5.74, 6) is 0. The number of rotatable bonds is 12. The maximum atomic E-state index is 12.0. The lowest BCUT2D eigenvalue weighted by Gasteiger charge is -2.30. The van der Waals surface area contributed by atoms with Crippen molar-refractivity contribution in [2.75, 3.05) is 27.4 Å². The highest BCUT2D eigenvalue weighted by Gasteiger charge is 2.31. The van der Waals surface area contributed by atoms with Crippen molar-refractivity contribution in [3.8, 4) is 0 Å². The Labute approximate surface area is 186 Å². The maximum Gasteiger partial charge on any atom is 0.119 e. The van der Waals surface area contributed by atoms with Gasteiger partial charge in [-0.15, -0.1) is 0 Å². The third-order valence-electron chi connectivity index (χ3n) is 5.70. The largest absolute Gasteiger partial charge is 0.385 e. The smallest absolute Gasteiger partial charge is 0.119 e. The molecule has 0 saturated heterocycles. The minimum atomic E-state index is -1.09. The van der Waals surface area contributed by atoms with Crippen molar-refractivity contribution in [3.63, 3.8) is 0 Å². The van der Waals surface area contributed by atoms with E-state index >= 15 is 0 Å². The molecule has 0 radical (unpaired) electrons. The summed E-state index contributed by atoms with van der Waals surface area (Å²) in [6, 6.07) is 26.7. The average molecular weight is 419 g/mol. The van der Waals surface area contributed by atoms with Gasteiger partial charge in [0.1, 0.15) is 5.60 Å². The number of methoxy groups -OCH3 is 2. The normalized spacial score (nSPS) is 11.6. The first kappa shape index (κ1) is 23.2. The van der Waals surface area contributed by atoms with E-state index in [1.165, 1.54) is 11.1 Å². The predicted molar refractivity (Wildman–Crippen MR) is 126 cm³/mol. The number of aliphatic hydroxyl groups is 1. The molecule has 3 nitrogen and oxygen atoms in total. The molecule has 0 aromatic heterocycles. The molecule has 0 unspecified atom stereocenters. The van der Waals surface area contributed by atoms with Crippen molar-refractivity contribution in [1.29, 1.82) is 0 Å². The van der Waals surface area contributed by atoms with Crippen LogP contribution in [0.25, 0.3) is 0 Å². The highest BCUT2D eigenvalue weighted by Crippen LogP contribution is 2.34. The van der Waals surface area contributed by atoms with Crippen molar-refractivity contribution in [3.05, 3.63) is 107 Å². The molecule has 1 N–H and O–H groups in total. The third kappa shape index (κ3) is 6.51. The van der Waals surface area contributed by atoms with Crippen LogP contribution in [-0.4, -0.2) is 32.5 Å². The van der Waals surface area contributed by atoms with Crippen LogP contribution < -0.4 is 0 Å². The molecule has 0 spiro atoms. The molecule has 0 bridgehead atoms. The zero-order valence-electron chi connectivity index (χ0n) is 18.7. The highest BCUT2D eigenvalue weighted by molar-refractivity contribution is 5.40. The second kappa shape index (κ2) is 11.8. The summed E-state index contributed by atoms with van der Waals surface area (Å²) in [7, 11) is 3.48. The molecule has 0 aliphatic carbocycles. The zero-order valence-corrected chi connectivity index (χ0v) is 18.7. The average Bonchev–Trinajstić information content (AvgIpc) is 2.80. The van der Waals surface area contributed by atoms with E-state index in [0.717, 1.165) is 55.6 Å². The molecule has 0 heterocycles. The van der Waals surface area contributed by atoms with Crippen LogP contribution in [0.5, 0.6) is 0 Å². The van der Waals surface area contributed by atoms with E-state index in [0.29, 0.717) is 6.42 Å². The van der Waals surface area contributed by atoms with Gasteiger partial charge >= 0.3 is 0 Å². The maximum absolute atomic E-state index is 12.0. The van der Waals surface area contributed by atoms with Crippen molar-refractivity contribution in [1.82, 2.24) is 0 Å². The Bertz CT molecular complexity index is 838. The van der Waals surface area contributed by atoms with E-state index in [4.69, 9.17) is 9.47 Å².